The predicted octanol–water partition coefficient (Wildman–Crippen LogP) is 0.714. The predicted molar refractivity (Wildman–Crippen MR) is 85.2 cm³/mol. The van der Waals surface area contributed by atoms with Gasteiger partial charge in [0.25, 0.3) is 6.43 Å². The Balaban J connectivity index is 1.70. The lowest BCUT2D eigenvalue weighted by Gasteiger charge is -2.44. The number of carbonyl (C=O) groups is 2. The van der Waals surface area contributed by atoms with Crippen molar-refractivity contribution in [2.24, 2.45) is 0 Å². The first kappa shape index (κ1) is 15.7. The number of aromatic nitrogens is 2. The molecular formula is C16H15F2N5O2. The Morgan fingerprint density at radius 1 is 1.16 bits per heavy atom. The van der Waals surface area contributed by atoms with Crippen LogP contribution < -0.4 is 10.2 Å². The Labute approximate surface area is 141 Å². The second-order valence-corrected chi connectivity index (χ2v) is 6.03. The number of amides is 2. The summed E-state index contributed by atoms with van der Waals surface area (Å²) in [5.74, 6) is -1.22. The first-order valence-corrected chi connectivity index (χ1v) is 7.93. The Hall–Kier alpha value is -2.84. The third kappa shape index (κ3) is 2.65. The van der Waals surface area contributed by atoms with Gasteiger partial charge in [0, 0.05) is 31.6 Å². The summed E-state index contributed by atoms with van der Waals surface area (Å²) in [6.45, 7) is 1.51. The van der Waals surface area contributed by atoms with Gasteiger partial charge in [-0.25, -0.2) is 18.7 Å². The molecule has 2 amide bonds. The maximum atomic E-state index is 13.2. The number of para-hydroxylation sites is 1. The molecular weight excluding hydrogens is 332 g/mol. The van der Waals surface area contributed by atoms with Crippen molar-refractivity contribution in [3.8, 4) is 0 Å². The van der Waals surface area contributed by atoms with Gasteiger partial charge in [0.05, 0.1) is 11.6 Å². The molecule has 1 aromatic heterocycles. The van der Waals surface area contributed by atoms with E-state index in [2.05, 4.69) is 15.3 Å². The molecule has 1 unspecified atom stereocenters. The summed E-state index contributed by atoms with van der Waals surface area (Å²) in [6, 6.07) is 6.80. The Morgan fingerprint density at radius 2 is 1.96 bits per heavy atom. The number of anilines is 1. The zero-order valence-electron chi connectivity index (χ0n) is 13.2. The van der Waals surface area contributed by atoms with E-state index in [1.54, 1.807) is 24.3 Å². The molecule has 25 heavy (non-hydrogen) atoms. The minimum atomic E-state index is -2.76. The van der Waals surface area contributed by atoms with E-state index in [4.69, 9.17) is 0 Å². The number of rotatable bonds is 2. The number of nitrogens with one attached hydrogen (secondary N) is 1. The standard InChI is InChI=1S/C16H15F2N5O2/c17-12(18)13-20-11-4-2-1-3-10(11)14(21-13)22-5-6-23-9(8-22)7-19-15(24)16(23)25/h1-4,9,12H,5-8H2,(H,19,24). The topological polar surface area (TPSA) is 78.4 Å². The molecule has 2 aliphatic rings. The first-order valence-electron chi connectivity index (χ1n) is 7.93. The number of fused-ring (bicyclic) bond motifs is 2. The molecule has 0 aliphatic carbocycles. The van der Waals surface area contributed by atoms with E-state index in [-0.39, 0.29) is 6.04 Å². The number of piperazine rings is 2. The summed E-state index contributed by atoms with van der Waals surface area (Å²) >= 11 is 0. The van der Waals surface area contributed by atoms with Crippen LogP contribution in [-0.4, -0.2) is 58.9 Å². The number of halogens is 2. The minimum Gasteiger partial charge on any atom is -0.352 e. The molecule has 3 heterocycles. The molecule has 1 N–H and O–H groups in total. The van der Waals surface area contributed by atoms with Gasteiger partial charge in [0.1, 0.15) is 5.82 Å². The molecule has 0 bridgehead atoms. The van der Waals surface area contributed by atoms with E-state index in [9.17, 15) is 18.4 Å². The number of carbonyl (C=O) groups excluding carboxylic acids is 2. The summed E-state index contributed by atoms with van der Waals surface area (Å²) in [6.07, 6.45) is -2.76. The summed E-state index contributed by atoms with van der Waals surface area (Å²) in [7, 11) is 0. The summed E-state index contributed by atoms with van der Waals surface area (Å²) in [4.78, 5) is 34.8. The van der Waals surface area contributed by atoms with Crippen LogP contribution in [0.1, 0.15) is 12.2 Å². The Kier molecular flexibility index (Phi) is 3.70. The van der Waals surface area contributed by atoms with Crippen molar-refractivity contribution in [3.05, 3.63) is 30.1 Å². The quantitative estimate of drug-likeness (QED) is 0.810. The Morgan fingerprint density at radius 3 is 2.76 bits per heavy atom. The highest BCUT2D eigenvalue weighted by atomic mass is 19.3. The van der Waals surface area contributed by atoms with Crippen molar-refractivity contribution in [1.29, 1.82) is 0 Å². The average molecular weight is 347 g/mol. The van der Waals surface area contributed by atoms with Crippen molar-refractivity contribution >= 4 is 28.5 Å². The zero-order valence-corrected chi connectivity index (χ0v) is 13.2. The molecule has 7 nitrogen and oxygen atoms in total. The normalized spacial score (nSPS) is 20.8. The van der Waals surface area contributed by atoms with Gasteiger partial charge in [0.2, 0.25) is 0 Å². The average Bonchev–Trinajstić information content (AvgIpc) is 2.63. The van der Waals surface area contributed by atoms with Crippen LogP contribution in [0.5, 0.6) is 0 Å². The van der Waals surface area contributed by atoms with Gasteiger partial charge in [-0.2, -0.15) is 0 Å². The van der Waals surface area contributed by atoms with Crippen LogP contribution in [0.3, 0.4) is 0 Å². The summed E-state index contributed by atoms with van der Waals surface area (Å²) in [5, 5.41) is 3.25. The molecule has 1 atom stereocenters. The van der Waals surface area contributed by atoms with Crippen LogP contribution in [0.4, 0.5) is 14.6 Å². The van der Waals surface area contributed by atoms with Crippen LogP contribution in [0, 0.1) is 0 Å². The largest absolute Gasteiger partial charge is 0.352 e. The number of benzene rings is 1. The van der Waals surface area contributed by atoms with E-state index in [0.29, 0.717) is 42.9 Å². The van der Waals surface area contributed by atoms with Crippen LogP contribution in [0.25, 0.3) is 10.9 Å². The Bertz CT molecular complexity index is 860. The van der Waals surface area contributed by atoms with Crippen molar-refractivity contribution in [2.75, 3.05) is 31.1 Å². The fourth-order valence-electron chi connectivity index (χ4n) is 3.32. The monoisotopic (exact) mass is 347 g/mol. The molecule has 4 rings (SSSR count). The maximum absolute atomic E-state index is 13.2. The molecule has 0 spiro atoms. The van der Waals surface area contributed by atoms with Gasteiger partial charge in [-0.3, -0.25) is 9.59 Å². The van der Waals surface area contributed by atoms with Gasteiger partial charge in [0.15, 0.2) is 5.82 Å². The highest BCUT2D eigenvalue weighted by Gasteiger charge is 2.38. The first-order chi connectivity index (χ1) is 12.0. The van der Waals surface area contributed by atoms with Gasteiger partial charge in [-0.1, -0.05) is 12.1 Å². The van der Waals surface area contributed by atoms with E-state index in [1.807, 2.05) is 4.90 Å². The molecule has 1 aromatic carbocycles. The van der Waals surface area contributed by atoms with Crippen LogP contribution >= 0.6 is 0 Å². The molecule has 9 heteroatoms. The number of alkyl halides is 2. The summed E-state index contributed by atoms with van der Waals surface area (Å²) in [5.41, 5.74) is 0.457. The third-order valence-corrected chi connectivity index (χ3v) is 4.53. The fourth-order valence-corrected chi connectivity index (χ4v) is 3.32. The fraction of sp³-hybridized carbons (Fsp3) is 0.375. The number of hydrogen-bond acceptors (Lipinski definition) is 5. The van der Waals surface area contributed by atoms with Crippen molar-refractivity contribution in [2.45, 2.75) is 12.5 Å². The second-order valence-electron chi connectivity index (χ2n) is 6.03. The highest BCUT2D eigenvalue weighted by Crippen LogP contribution is 2.29. The van der Waals surface area contributed by atoms with Crippen molar-refractivity contribution in [1.82, 2.24) is 20.2 Å². The van der Waals surface area contributed by atoms with Crippen LogP contribution in [0.15, 0.2) is 24.3 Å². The molecule has 0 saturated carbocycles. The summed E-state index contributed by atoms with van der Waals surface area (Å²) < 4.78 is 26.3. The smallest absolute Gasteiger partial charge is 0.312 e. The third-order valence-electron chi connectivity index (χ3n) is 4.53. The van der Waals surface area contributed by atoms with Gasteiger partial charge in [-0.15, -0.1) is 0 Å². The van der Waals surface area contributed by atoms with E-state index in [1.165, 1.54) is 4.90 Å². The maximum Gasteiger partial charge on any atom is 0.312 e. The lowest BCUT2D eigenvalue weighted by atomic mass is 10.1. The molecule has 2 aromatic rings. The van der Waals surface area contributed by atoms with Gasteiger partial charge >= 0.3 is 11.8 Å². The number of nitrogens with zero attached hydrogens (tertiary/aromatic N) is 4. The number of hydrogen-bond donors (Lipinski definition) is 1. The van der Waals surface area contributed by atoms with Crippen molar-refractivity contribution in [3.63, 3.8) is 0 Å². The molecule has 2 aliphatic heterocycles. The molecule has 2 saturated heterocycles. The SMILES string of the molecule is O=C1NCC2CN(c3nc(C(F)F)nc4ccccc34)CCN2C1=O. The van der Waals surface area contributed by atoms with Gasteiger partial charge in [-0.05, 0) is 12.1 Å². The lowest BCUT2D eigenvalue weighted by Crippen LogP contribution is -2.65. The van der Waals surface area contributed by atoms with E-state index in [0.717, 1.165) is 0 Å². The van der Waals surface area contributed by atoms with E-state index >= 15 is 0 Å². The molecule has 0 radical (unpaired) electrons. The second kappa shape index (κ2) is 5.91. The lowest BCUT2D eigenvalue weighted by molar-refractivity contribution is -0.150. The van der Waals surface area contributed by atoms with Gasteiger partial charge < -0.3 is 15.1 Å². The molecule has 130 valence electrons. The minimum absolute atomic E-state index is 0.206. The zero-order chi connectivity index (χ0) is 17.6. The van der Waals surface area contributed by atoms with E-state index < -0.39 is 24.1 Å². The highest BCUT2D eigenvalue weighted by molar-refractivity contribution is 6.35. The van der Waals surface area contributed by atoms with Crippen LogP contribution in [-0.2, 0) is 9.59 Å². The van der Waals surface area contributed by atoms with Crippen molar-refractivity contribution < 1.29 is 18.4 Å². The van der Waals surface area contributed by atoms with Crippen LogP contribution in [0.2, 0.25) is 0 Å². The molecule has 2 fully saturated rings.